The molecular weight excluding hydrogens is 382 g/mol. The number of pyridine rings is 1. The maximum Gasteiger partial charge on any atom is 0.325 e. The first-order valence-corrected chi connectivity index (χ1v) is 9.21. The lowest BCUT2D eigenvalue weighted by Crippen LogP contribution is -2.27. The molecule has 0 bridgehead atoms. The lowest BCUT2D eigenvalue weighted by atomic mass is 10.1. The number of nitrogens with zero attached hydrogens (tertiary/aromatic N) is 2. The molecule has 0 fully saturated rings. The molecule has 3 aromatic rings. The second kappa shape index (κ2) is 8.41. The van der Waals surface area contributed by atoms with E-state index in [0.717, 1.165) is 23.3 Å². The monoisotopic (exact) mass is 397 g/mol. The van der Waals surface area contributed by atoms with Gasteiger partial charge in [0.25, 0.3) is 5.56 Å². The summed E-state index contributed by atoms with van der Waals surface area (Å²) in [5.41, 5.74) is -0.449. The van der Waals surface area contributed by atoms with E-state index >= 15 is 0 Å². The highest BCUT2D eigenvalue weighted by Crippen LogP contribution is 2.27. The first-order chi connectivity index (χ1) is 13.5. The van der Waals surface area contributed by atoms with Crippen LogP contribution in [0.4, 0.5) is 5.69 Å². The highest BCUT2D eigenvalue weighted by Gasteiger charge is 2.12. The third-order valence-corrected chi connectivity index (χ3v) is 4.61. The Labute approximate surface area is 162 Å². The highest BCUT2D eigenvalue weighted by atomic mass is 32.2. The SMILES string of the molecule is CCOc1ccc2cc(C#N)c(SCC(=O)Nc3c[nH]c(=O)[nH]c3=O)nc2c1. The zero-order valence-corrected chi connectivity index (χ0v) is 15.6. The van der Waals surface area contributed by atoms with Crippen LogP contribution in [0.25, 0.3) is 10.9 Å². The predicted molar refractivity (Wildman–Crippen MR) is 105 cm³/mol. The van der Waals surface area contributed by atoms with Gasteiger partial charge in [-0.1, -0.05) is 11.8 Å². The topological polar surface area (TPSA) is 141 Å². The van der Waals surface area contributed by atoms with Gasteiger partial charge >= 0.3 is 5.69 Å². The van der Waals surface area contributed by atoms with E-state index in [4.69, 9.17) is 4.74 Å². The van der Waals surface area contributed by atoms with E-state index in [1.807, 2.05) is 18.0 Å². The number of hydrogen-bond donors (Lipinski definition) is 3. The molecule has 142 valence electrons. The van der Waals surface area contributed by atoms with Crippen LogP contribution in [0, 0.1) is 11.3 Å². The third-order valence-electron chi connectivity index (χ3n) is 3.62. The Hall–Kier alpha value is -3.58. The van der Waals surface area contributed by atoms with Gasteiger partial charge in [-0.2, -0.15) is 5.26 Å². The number of benzene rings is 1. The van der Waals surface area contributed by atoms with E-state index in [1.165, 1.54) is 0 Å². The van der Waals surface area contributed by atoms with Gasteiger partial charge < -0.3 is 15.0 Å². The van der Waals surface area contributed by atoms with Crippen molar-refractivity contribution in [3.8, 4) is 11.8 Å². The lowest BCUT2D eigenvalue weighted by molar-refractivity contribution is -0.113. The minimum absolute atomic E-state index is 0.0708. The Morgan fingerprint density at radius 2 is 2.18 bits per heavy atom. The van der Waals surface area contributed by atoms with Crippen molar-refractivity contribution in [2.75, 3.05) is 17.7 Å². The number of nitrogens with one attached hydrogen (secondary N) is 3. The van der Waals surface area contributed by atoms with Crippen LogP contribution < -0.4 is 21.3 Å². The molecule has 2 aromatic heterocycles. The van der Waals surface area contributed by atoms with Crippen molar-refractivity contribution in [3.63, 3.8) is 0 Å². The fourth-order valence-corrected chi connectivity index (χ4v) is 3.16. The van der Waals surface area contributed by atoms with Gasteiger partial charge in [0.15, 0.2) is 0 Å². The van der Waals surface area contributed by atoms with Crippen LogP contribution in [0.15, 0.2) is 45.1 Å². The molecule has 0 aliphatic carbocycles. The van der Waals surface area contributed by atoms with Crippen molar-refractivity contribution >= 4 is 34.3 Å². The Kier molecular flexibility index (Phi) is 5.76. The minimum atomic E-state index is -0.702. The molecule has 28 heavy (non-hydrogen) atoms. The normalized spacial score (nSPS) is 10.4. The van der Waals surface area contributed by atoms with E-state index in [0.29, 0.717) is 28.5 Å². The van der Waals surface area contributed by atoms with Gasteiger partial charge in [0, 0.05) is 17.6 Å². The molecule has 3 rings (SSSR count). The molecule has 9 nitrogen and oxygen atoms in total. The summed E-state index contributed by atoms with van der Waals surface area (Å²) in [7, 11) is 0. The summed E-state index contributed by atoms with van der Waals surface area (Å²) in [6, 6.07) is 9.16. The second-order valence-corrected chi connectivity index (χ2v) is 6.53. The molecule has 0 saturated carbocycles. The van der Waals surface area contributed by atoms with Crippen molar-refractivity contribution in [2.45, 2.75) is 11.9 Å². The molecule has 0 unspecified atom stereocenters. The van der Waals surface area contributed by atoms with Crippen LogP contribution in [0.3, 0.4) is 0 Å². The van der Waals surface area contributed by atoms with Gasteiger partial charge in [-0.05, 0) is 25.1 Å². The Balaban J connectivity index is 1.78. The standard InChI is InChI=1S/C18H15N5O4S/c1-2-27-12-4-3-10-5-11(7-19)17(22-13(10)6-12)28-9-15(24)21-14-8-20-18(26)23-16(14)25/h3-6,8H,2,9H2,1H3,(H,21,24)(H2,20,23,25,26). The number of ether oxygens (including phenoxy) is 1. The lowest BCUT2D eigenvalue weighted by Gasteiger charge is -2.08. The van der Waals surface area contributed by atoms with E-state index in [9.17, 15) is 19.6 Å². The predicted octanol–water partition coefficient (Wildman–Crippen LogP) is 1.61. The van der Waals surface area contributed by atoms with Crippen molar-refractivity contribution < 1.29 is 9.53 Å². The van der Waals surface area contributed by atoms with Crippen LogP contribution in [-0.4, -0.2) is 33.2 Å². The van der Waals surface area contributed by atoms with E-state index in [2.05, 4.69) is 21.4 Å². The maximum atomic E-state index is 12.1. The van der Waals surface area contributed by atoms with Crippen LogP contribution in [0.2, 0.25) is 0 Å². The number of thioether (sulfide) groups is 1. The average Bonchev–Trinajstić information content (AvgIpc) is 2.68. The molecule has 0 spiro atoms. The zero-order valence-electron chi connectivity index (χ0n) is 14.7. The molecule has 2 heterocycles. The molecule has 1 aromatic carbocycles. The molecule has 3 N–H and O–H groups in total. The average molecular weight is 397 g/mol. The van der Waals surface area contributed by atoms with Crippen LogP contribution >= 0.6 is 11.8 Å². The minimum Gasteiger partial charge on any atom is -0.494 e. The number of aromatic amines is 2. The fourth-order valence-electron chi connectivity index (χ4n) is 2.40. The van der Waals surface area contributed by atoms with Crippen molar-refractivity contribution in [2.24, 2.45) is 0 Å². The van der Waals surface area contributed by atoms with Gasteiger partial charge in [-0.25, -0.2) is 9.78 Å². The van der Waals surface area contributed by atoms with Crippen molar-refractivity contribution in [1.82, 2.24) is 15.0 Å². The number of carbonyl (C=O) groups excluding carboxylic acids is 1. The molecule has 1 amide bonds. The number of anilines is 1. The number of amides is 1. The number of rotatable bonds is 6. The van der Waals surface area contributed by atoms with Crippen LogP contribution in [0.5, 0.6) is 5.75 Å². The summed E-state index contributed by atoms with van der Waals surface area (Å²) >= 11 is 1.07. The van der Waals surface area contributed by atoms with Crippen molar-refractivity contribution in [1.29, 1.82) is 5.26 Å². The number of hydrogen-bond acceptors (Lipinski definition) is 7. The summed E-state index contributed by atoms with van der Waals surface area (Å²) < 4.78 is 5.46. The van der Waals surface area contributed by atoms with E-state index < -0.39 is 17.2 Å². The first kappa shape index (κ1) is 19.2. The number of nitriles is 1. The molecule has 0 aliphatic rings. The summed E-state index contributed by atoms with van der Waals surface area (Å²) in [6.07, 6.45) is 1.12. The highest BCUT2D eigenvalue weighted by molar-refractivity contribution is 8.00. The van der Waals surface area contributed by atoms with Gasteiger partial charge in [-0.3, -0.25) is 14.6 Å². The number of aromatic nitrogens is 3. The summed E-state index contributed by atoms with van der Waals surface area (Å²) in [5, 5.41) is 13.0. The Bertz CT molecular complexity index is 1200. The van der Waals surface area contributed by atoms with Crippen LogP contribution in [0.1, 0.15) is 12.5 Å². The van der Waals surface area contributed by atoms with Gasteiger partial charge in [-0.15, -0.1) is 0 Å². The third kappa shape index (κ3) is 4.39. The number of fused-ring (bicyclic) bond motifs is 1. The molecule has 0 radical (unpaired) electrons. The van der Waals surface area contributed by atoms with Gasteiger partial charge in [0.05, 0.1) is 23.4 Å². The number of H-pyrrole nitrogens is 2. The summed E-state index contributed by atoms with van der Waals surface area (Å²) in [5.74, 6) is 0.117. The zero-order chi connectivity index (χ0) is 20.1. The van der Waals surface area contributed by atoms with Crippen LogP contribution in [-0.2, 0) is 4.79 Å². The summed E-state index contributed by atoms with van der Waals surface area (Å²) in [4.78, 5) is 43.5. The maximum absolute atomic E-state index is 12.1. The first-order valence-electron chi connectivity index (χ1n) is 8.22. The Morgan fingerprint density at radius 1 is 1.36 bits per heavy atom. The Morgan fingerprint density at radius 3 is 2.89 bits per heavy atom. The largest absolute Gasteiger partial charge is 0.494 e. The molecule has 0 saturated heterocycles. The second-order valence-electron chi connectivity index (χ2n) is 5.56. The summed E-state index contributed by atoms with van der Waals surface area (Å²) in [6.45, 7) is 2.40. The van der Waals surface area contributed by atoms with E-state index in [1.54, 1.807) is 18.2 Å². The number of carbonyl (C=O) groups is 1. The molecule has 0 atom stereocenters. The smallest absolute Gasteiger partial charge is 0.325 e. The quantitative estimate of drug-likeness (QED) is 0.537. The van der Waals surface area contributed by atoms with Crippen molar-refractivity contribution in [3.05, 3.63) is 56.9 Å². The molecule has 10 heteroatoms. The fraction of sp³-hybridized carbons (Fsp3) is 0.167. The van der Waals surface area contributed by atoms with Gasteiger partial charge in [0.1, 0.15) is 22.5 Å². The molecule has 0 aliphatic heterocycles. The van der Waals surface area contributed by atoms with Gasteiger partial charge in [0.2, 0.25) is 5.91 Å². The molecular formula is C18H15N5O4S. The van der Waals surface area contributed by atoms with E-state index in [-0.39, 0.29) is 11.4 Å².